The Labute approximate surface area is 97.4 Å². The van der Waals surface area contributed by atoms with Crippen molar-refractivity contribution in [1.82, 2.24) is 4.90 Å². The molecule has 4 unspecified atom stereocenters. The van der Waals surface area contributed by atoms with Crippen LogP contribution < -0.4 is 5.73 Å². The Morgan fingerprint density at radius 1 is 1.25 bits per heavy atom. The summed E-state index contributed by atoms with van der Waals surface area (Å²) in [7, 11) is 0. The Hall–Kier alpha value is -0.570. The van der Waals surface area contributed by atoms with E-state index in [9.17, 15) is 4.79 Å². The third-order valence-electron chi connectivity index (χ3n) is 4.99. The first-order chi connectivity index (χ1) is 7.79. The molecule has 0 spiro atoms. The van der Waals surface area contributed by atoms with Crippen LogP contribution in [-0.4, -0.2) is 29.9 Å². The van der Waals surface area contributed by atoms with Crippen molar-refractivity contribution in [2.24, 2.45) is 23.5 Å². The number of carbonyl (C=O) groups is 1. The Bertz CT molecular complexity index is 284. The van der Waals surface area contributed by atoms with Gasteiger partial charge in [-0.2, -0.15) is 0 Å². The SMILES string of the molecule is NCC1CCCN1C(=O)C1CC2CCC1C2. The minimum absolute atomic E-state index is 0.339. The summed E-state index contributed by atoms with van der Waals surface area (Å²) in [5.74, 6) is 2.35. The summed E-state index contributed by atoms with van der Waals surface area (Å²) in [6, 6.07) is 0.339. The molecule has 0 aromatic heterocycles. The predicted octanol–water partition coefficient (Wildman–Crippen LogP) is 1.37. The van der Waals surface area contributed by atoms with Gasteiger partial charge >= 0.3 is 0 Å². The number of nitrogens with zero attached hydrogens (tertiary/aromatic N) is 1. The van der Waals surface area contributed by atoms with Gasteiger partial charge in [0.15, 0.2) is 0 Å². The minimum Gasteiger partial charge on any atom is -0.338 e. The second kappa shape index (κ2) is 4.02. The molecule has 1 saturated heterocycles. The highest BCUT2D eigenvalue weighted by Crippen LogP contribution is 2.49. The van der Waals surface area contributed by atoms with Crippen molar-refractivity contribution >= 4 is 5.91 Å². The molecule has 2 bridgehead atoms. The van der Waals surface area contributed by atoms with Crippen molar-refractivity contribution in [3.05, 3.63) is 0 Å². The molecule has 3 nitrogen and oxygen atoms in total. The molecule has 2 saturated carbocycles. The number of nitrogens with two attached hydrogens (primary N) is 1. The fourth-order valence-corrected chi connectivity index (χ4v) is 4.13. The van der Waals surface area contributed by atoms with E-state index in [1.54, 1.807) is 0 Å². The fourth-order valence-electron chi connectivity index (χ4n) is 4.13. The smallest absolute Gasteiger partial charge is 0.226 e. The van der Waals surface area contributed by atoms with Crippen molar-refractivity contribution in [1.29, 1.82) is 0 Å². The molecule has 3 fully saturated rings. The summed E-state index contributed by atoms with van der Waals surface area (Å²) in [6.45, 7) is 1.60. The van der Waals surface area contributed by atoms with E-state index < -0.39 is 0 Å². The van der Waals surface area contributed by atoms with Crippen LogP contribution in [0.4, 0.5) is 0 Å². The molecular weight excluding hydrogens is 200 g/mol. The number of carbonyl (C=O) groups excluding carboxylic acids is 1. The summed E-state index contributed by atoms with van der Waals surface area (Å²) in [6.07, 6.45) is 7.41. The zero-order valence-corrected chi connectivity index (χ0v) is 9.90. The lowest BCUT2D eigenvalue weighted by Gasteiger charge is -2.30. The average Bonchev–Trinajstić information content (AvgIpc) is 3.02. The summed E-state index contributed by atoms with van der Waals surface area (Å²) in [4.78, 5) is 14.6. The van der Waals surface area contributed by atoms with Gasteiger partial charge in [0.05, 0.1) is 0 Å². The maximum absolute atomic E-state index is 12.5. The molecule has 0 aromatic carbocycles. The Balaban J connectivity index is 1.68. The molecule has 3 rings (SSSR count). The van der Waals surface area contributed by atoms with E-state index in [2.05, 4.69) is 4.90 Å². The van der Waals surface area contributed by atoms with Crippen LogP contribution in [0.15, 0.2) is 0 Å². The van der Waals surface area contributed by atoms with Gasteiger partial charge in [0.25, 0.3) is 0 Å². The molecule has 16 heavy (non-hydrogen) atoms. The Morgan fingerprint density at radius 3 is 2.75 bits per heavy atom. The van der Waals surface area contributed by atoms with Crippen molar-refractivity contribution in [3.63, 3.8) is 0 Å². The molecule has 4 atom stereocenters. The molecule has 0 aromatic rings. The lowest BCUT2D eigenvalue weighted by Crippen LogP contribution is -2.44. The molecule has 2 N–H and O–H groups in total. The summed E-state index contributed by atoms with van der Waals surface area (Å²) < 4.78 is 0. The van der Waals surface area contributed by atoms with Crippen LogP contribution in [0.5, 0.6) is 0 Å². The van der Waals surface area contributed by atoms with Gasteiger partial charge in [0, 0.05) is 25.0 Å². The topological polar surface area (TPSA) is 46.3 Å². The van der Waals surface area contributed by atoms with Gasteiger partial charge in [-0.1, -0.05) is 6.42 Å². The quantitative estimate of drug-likeness (QED) is 0.767. The summed E-state index contributed by atoms with van der Waals surface area (Å²) >= 11 is 0. The molecule has 2 aliphatic carbocycles. The number of hydrogen-bond donors (Lipinski definition) is 1. The van der Waals surface area contributed by atoms with Crippen LogP contribution in [0.1, 0.15) is 38.5 Å². The Kier molecular flexibility index (Phi) is 2.66. The van der Waals surface area contributed by atoms with E-state index in [1.165, 1.54) is 19.3 Å². The number of rotatable bonds is 2. The van der Waals surface area contributed by atoms with Gasteiger partial charge in [-0.15, -0.1) is 0 Å². The van der Waals surface area contributed by atoms with Crippen molar-refractivity contribution in [2.75, 3.05) is 13.1 Å². The van der Waals surface area contributed by atoms with Gasteiger partial charge in [0.2, 0.25) is 5.91 Å². The molecular formula is C13H22N2O. The number of hydrogen-bond acceptors (Lipinski definition) is 2. The third kappa shape index (κ3) is 1.56. The van der Waals surface area contributed by atoms with Gasteiger partial charge in [-0.3, -0.25) is 4.79 Å². The van der Waals surface area contributed by atoms with Gasteiger partial charge in [-0.05, 0) is 43.9 Å². The molecule has 90 valence electrons. The second-order valence-corrected chi connectivity index (χ2v) is 5.84. The summed E-state index contributed by atoms with van der Waals surface area (Å²) in [5.41, 5.74) is 5.74. The molecule has 3 heteroatoms. The van der Waals surface area contributed by atoms with Crippen LogP contribution in [-0.2, 0) is 4.79 Å². The predicted molar refractivity (Wildman–Crippen MR) is 62.7 cm³/mol. The van der Waals surface area contributed by atoms with Crippen molar-refractivity contribution in [2.45, 2.75) is 44.6 Å². The first kappa shape index (κ1) is 10.6. The normalized spacial score (nSPS) is 41.9. The van der Waals surface area contributed by atoms with Crippen molar-refractivity contribution in [3.8, 4) is 0 Å². The van der Waals surface area contributed by atoms with E-state index in [1.807, 2.05) is 0 Å². The van der Waals surface area contributed by atoms with Crippen LogP contribution in [0.3, 0.4) is 0 Å². The van der Waals surface area contributed by atoms with Crippen LogP contribution in [0.25, 0.3) is 0 Å². The van der Waals surface area contributed by atoms with E-state index in [4.69, 9.17) is 5.73 Å². The lowest BCUT2D eigenvalue weighted by molar-refractivity contribution is -0.137. The largest absolute Gasteiger partial charge is 0.338 e. The van der Waals surface area contributed by atoms with Crippen LogP contribution in [0, 0.1) is 17.8 Å². The van der Waals surface area contributed by atoms with Crippen LogP contribution >= 0.6 is 0 Å². The molecule has 3 aliphatic rings. The van der Waals surface area contributed by atoms with E-state index in [0.717, 1.165) is 31.7 Å². The number of fused-ring (bicyclic) bond motifs is 2. The minimum atomic E-state index is 0.339. The van der Waals surface area contributed by atoms with Crippen LogP contribution in [0.2, 0.25) is 0 Å². The van der Waals surface area contributed by atoms with Gasteiger partial charge in [-0.25, -0.2) is 0 Å². The maximum Gasteiger partial charge on any atom is 0.226 e. The highest BCUT2D eigenvalue weighted by atomic mass is 16.2. The first-order valence-corrected chi connectivity index (χ1v) is 6.80. The standard InChI is InChI=1S/C13H22N2O/c14-8-11-2-1-5-15(11)13(16)12-7-9-3-4-10(12)6-9/h9-12H,1-8,14H2. The number of amides is 1. The van der Waals surface area contributed by atoms with Gasteiger partial charge in [0.1, 0.15) is 0 Å². The van der Waals surface area contributed by atoms with E-state index >= 15 is 0 Å². The maximum atomic E-state index is 12.5. The molecule has 0 radical (unpaired) electrons. The van der Waals surface area contributed by atoms with Crippen molar-refractivity contribution < 1.29 is 4.79 Å². The first-order valence-electron chi connectivity index (χ1n) is 6.80. The number of likely N-dealkylation sites (tertiary alicyclic amines) is 1. The Morgan fingerprint density at radius 2 is 2.12 bits per heavy atom. The van der Waals surface area contributed by atoms with E-state index in [0.29, 0.717) is 30.3 Å². The average molecular weight is 222 g/mol. The molecule has 1 amide bonds. The monoisotopic (exact) mass is 222 g/mol. The highest BCUT2D eigenvalue weighted by Gasteiger charge is 2.45. The third-order valence-corrected chi connectivity index (χ3v) is 4.99. The highest BCUT2D eigenvalue weighted by molar-refractivity contribution is 5.80. The zero-order valence-electron chi connectivity index (χ0n) is 9.90. The second-order valence-electron chi connectivity index (χ2n) is 5.84. The summed E-state index contributed by atoms with van der Waals surface area (Å²) in [5, 5.41) is 0. The molecule has 1 heterocycles. The van der Waals surface area contributed by atoms with Gasteiger partial charge < -0.3 is 10.6 Å². The zero-order chi connectivity index (χ0) is 11.1. The molecule has 1 aliphatic heterocycles. The lowest BCUT2D eigenvalue weighted by atomic mass is 9.87. The van der Waals surface area contributed by atoms with E-state index in [-0.39, 0.29) is 0 Å². The fraction of sp³-hybridized carbons (Fsp3) is 0.923.